The highest BCUT2D eigenvalue weighted by Crippen LogP contribution is 2.35. The average Bonchev–Trinajstić information content (AvgIpc) is 3.17. The van der Waals surface area contributed by atoms with Gasteiger partial charge < -0.3 is 9.64 Å². The number of aryl methyl sites for hydroxylation is 2. The molecule has 116 valence electrons. The summed E-state index contributed by atoms with van der Waals surface area (Å²) in [4.78, 5) is 17.6. The van der Waals surface area contributed by atoms with E-state index in [9.17, 15) is 0 Å². The zero-order valence-corrected chi connectivity index (χ0v) is 13.6. The summed E-state index contributed by atoms with van der Waals surface area (Å²) in [6, 6.07) is 1.79. The van der Waals surface area contributed by atoms with Gasteiger partial charge in [-0.25, -0.2) is 9.97 Å². The van der Waals surface area contributed by atoms with Crippen LogP contribution in [0.5, 0.6) is 5.88 Å². The molecule has 2 aliphatic rings. The van der Waals surface area contributed by atoms with Gasteiger partial charge in [0.2, 0.25) is 11.8 Å². The number of nitrogens with zero attached hydrogens (tertiary/aromatic N) is 4. The Morgan fingerprint density at radius 3 is 3.09 bits per heavy atom. The number of hydrogen-bond acceptors (Lipinski definition) is 6. The van der Waals surface area contributed by atoms with Gasteiger partial charge in [-0.1, -0.05) is 0 Å². The highest BCUT2D eigenvalue weighted by molar-refractivity contribution is 7.11. The van der Waals surface area contributed by atoms with Crippen molar-refractivity contribution in [3.05, 3.63) is 27.8 Å². The maximum atomic E-state index is 5.21. The lowest BCUT2D eigenvalue weighted by molar-refractivity contribution is 0.395. The molecule has 1 aliphatic heterocycles. The third-order valence-electron chi connectivity index (χ3n) is 4.49. The van der Waals surface area contributed by atoms with Gasteiger partial charge in [-0.3, -0.25) is 0 Å². The molecule has 1 saturated heterocycles. The first kappa shape index (κ1) is 13.9. The third-order valence-corrected chi connectivity index (χ3v) is 5.81. The second kappa shape index (κ2) is 5.83. The minimum atomic E-state index is 0.513. The highest BCUT2D eigenvalue weighted by Gasteiger charge is 2.27. The molecule has 0 N–H and O–H groups in total. The zero-order valence-electron chi connectivity index (χ0n) is 12.8. The van der Waals surface area contributed by atoms with Crippen molar-refractivity contribution in [1.29, 1.82) is 0 Å². The van der Waals surface area contributed by atoms with Crippen molar-refractivity contribution in [3.63, 3.8) is 0 Å². The summed E-state index contributed by atoms with van der Waals surface area (Å²) in [5, 5.41) is 1.32. The molecule has 0 bridgehead atoms. The van der Waals surface area contributed by atoms with E-state index in [1.807, 2.05) is 11.3 Å². The van der Waals surface area contributed by atoms with E-state index in [4.69, 9.17) is 9.72 Å². The number of rotatable bonds is 3. The van der Waals surface area contributed by atoms with Gasteiger partial charge in [0, 0.05) is 36.1 Å². The number of aromatic nitrogens is 3. The Labute approximate surface area is 134 Å². The molecular weight excluding hydrogens is 296 g/mol. The normalized spacial score (nSPS) is 21.0. The van der Waals surface area contributed by atoms with Gasteiger partial charge >= 0.3 is 0 Å². The van der Waals surface area contributed by atoms with Gasteiger partial charge in [0.25, 0.3) is 0 Å². The lowest BCUT2D eigenvalue weighted by atomic mass is 9.99. The van der Waals surface area contributed by atoms with Crippen LogP contribution in [-0.2, 0) is 12.8 Å². The molecule has 6 heteroatoms. The average molecular weight is 316 g/mol. The van der Waals surface area contributed by atoms with Crippen molar-refractivity contribution >= 4 is 17.3 Å². The van der Waals surface area contributed by atoms with E-state index in [1.54, 1.807) is 19.4 Å². The predicted octanol–water partition coefficient (Wildman–Crippen LogP) is 2.81. The smallest absolute Gasteiger partial charge is 0.228 e. The van der Waals surface area contributed by atoms with Crippen molar-refractivity contribution in [3.8, 4) is 5.88 Å². The number of thiazole rings is 1. The fraction of sp³-hybridized carbons (Fsp3) is 0.562. The third kappa shape index (κ3) is 2.56. The topological polar surface area (TPSA) is 51.1 Å². The van der Waals surface area contributed by atoms with Crippen LogP contribution < -0.4 is 9.64 Å². The summed E-state index contributed by atoms with van der Waals surface area (Å²) in [5.41, 5.74) is 1.36. The lowest BCUT2D eigenvalue weighted by Gasteiger charge is -2.31. The minimum absolute atomic E-state index is 0.513. The van der Waals surface area contributed by atoms with E-state index in [-0.39, 0.29) is 0 Å². The first-order valence-electron chi connectivity index (χ1n) is 7.94. The molecule has 4 rings (SSSR count). The van der Waals surface area contributed by atoms with E-state index in [1.165, 1.54) is 41.3 Å². The fourth-order valence-corrected chi connectivity index (χ4v) is 4.62. The Hall–Kier alpha value is -1.69. The van der Waals surface area contributed by atoms with E-state index < -0.39 is 0 Å². The zero-order chi connectivity index (χ0) is 14.9. The van der Waals surface area contributed by atoms with Crippen LogP contribution in [0, 0.1) is 0 Å². The molecule has 0 saturated carbocycles. The highest BCUT2D eigenvalue weighted by atomic mass is 32.1. The van der Waals surface area contributed by atoms with Gasteiger partial charge in [0.15, 0.2) is 0 Å². The molecule has 0 aromatic carbocycles. The number of hydrogen-bond donors (Lipinski definition) is 0. The van der Waals surface area contributed by atoms with Crippen LogP contribution in [0.15, 0.2) is 12.3 Å². The monoisotopic (exact) mass is 316 g/mol. The molecule has 0 radical (unpaired) electrons. The molecule has 5 nitrogen and oxygen atoms in total. The largest absolute Gasteiger partial charge is 0.481 e. The van der Waals surface area contributed by atoms with Crippen molar-refractivity contribution < 1.29 is 4.74 Å². The number of methoxy groups -OCH3 is 1. The molecule has 1 unspecified atom stereocenters. The Kier molecular flexibility index (Phi) is 3.70. The van der Waals surface area contributed by atoms with Crippen LogP contribution in [0.4, 0.5) is 5.95 Å². The van der Waals surface area contributed by atoms with E-state index in [0.29, 0.717) is 11.8 Å². The quantitative estimate of drug-likeness (QED) is 0.871. The number of fused-ring (bicyclic) bond motifs is 1. The van der Waals surface area contributed by atoms with Crippen LogP contribution in [0.2, 0.25) is 0 Å². The van der Waals surface area contributed by atoms with Crippen molar-refractivity contribution in [2.45, 2.75) is 38.0 Å². The van der Waals surface area contributed by atoms with Crippen LogP contribution in [0.25, 0.3) is 0 Å². The molecule has 1 aliphatic carbocycles. The molecule has 3 heterocycles. The van der Waals surface area contributed by atoms with E-state index >= 15 is 0 Å². The summed E-state index contributed by atoms with van der Waals surface area (Å²) < 4.78 is 5.21. The Balaban J connectivity index is 1.53. The molecule has 0 spiro atoms. The van der Waals surface area contributed by atoms with Gasteiger partial charge in [0.05, 0.1) is 17.8 Å². The molecule has 1 fully saturated rings. The maximum Gasteiger partial charge on any atom is 0.228 e. The lowest BCUT2D eigenvalue weighted by Crippen LogP contribution is -2.35. The Bertz CT molecular complexity index is 650. The van der Waals surface area contributed by atoms with E-state index in [0.717, 1.165) is 25.5 Å². The van der Waals surface area contributed by atoms with Crippen LogP contribution in [-0.4, -0.2) is 35.2 Å². The summed E-state index contributed by atoms with van der Waals surface area (Å²) in [6.07, 6.45) is 7.82. The van der Waals surface area contributed by atoms with Crippen molar-refractivity contribution in [1.82, 2.24) is 15.0 Å². The molecule has 2 aromatic heterocycles. The molecule has 1 atom stereocenters. The standard InChI is InChI=1S/C16H20N4OS/c1-21-14-7-8-17-16(19-14)20-9-3-4-11(10-20)15-18-12-5-2-6-13(12)22-15/h7-8,11H,2-6,9-10H2,1H3. The fourth-order valence-electron chi connectivity index (χ4n) is 3.34. The maximum absolute atomic E-state index is 5.21. The first-order chi connectivity index (χ1) is 10.8. The molecular formula is C16H20N4OS. The van der Waals surface area contributed by atoms with Crippen LogP contribution >= 0.6 is 11.3 Å². The predicted molar refractivity (Wildman–Crippen MR) is 86.9 cm³/mol. The number of ether oxygens (including phenoxy) is 1. The number of piperidine rings is 1. The number of anilines is 1. The van der Waals surface area contributed by atoms with Gasteiger partial charge in [0.1, 0.15) is 0 Å². The summed E-state index contributed by atoms with van der Waals surface area (Å²) >= 11 is 1.93. The SMILES string of the molecule is COc1ccnc(N2CCCC(c3nc4c(s3)CCC4)C2)n1. The van der Waals surface area contributed by atoms with Gasteiger partial charge in [-0.2, -0.15) is 4.98 Å². The van der Waals surface area contributed by atoms with Crippen molar-refractivity contribution in [2.75, 3.05) is 25.1 Å². The Morgan fingerprint density at radius 1 is 1.27 bits per heavy atom. The second-order valence-electron chi connectivity index (χ2n) is 5.96. The Morgan fingerprint density at radius 2 is 2.23 bits per heavy atom. The summed E-state index contributed by atoms with van der Waals surface area (Å²) in [7, 11) is 1.64. The van der Waals surface area contributed by atoms with E-state index in [2.05, 4.69) is 14.9 Å². The first-order valence-corrected chi connectivity index (χ1v) is 8.75. The molecule has 22 heavy (non-hydrogen) atoms. The molecule has 0 amide bonds. The summed E-state index contributed by atoms with van der Waals surface area (Å²) in [6.45, 7) is 1.97. The van der Waals surface area contributed by atoms with Gasteiger partial charge in [-0.15, -0.1) is 11.3 Å². The second-order valence-corrected chi connectivity index (χ2v) is 7.07. The summed E-state index contributed by atoms with van der Waals surface area (Å²) in [5.74, 6) is 1.91. The van der Waals surface area contributed by atoms with Crippen LogP contribution in [0.1, 0.15) is 40.8 Å². The van der Waals surface area contributed by atoms with Gasteiger partial charge in [-0.05, 0) is 32.1 Å². The minimum Gasteiger partial charge on any atom is -0.481 e. The van der Waals surface area contributed by atoms with Crippen LogP contribution in [0.3, 0.4) is 0 Å². The van der Waals surface area contributed by atoms with Crippen molar-refractivity contribution in [2.24, 2.45) is 0 Å². The molecule has 2 aromatic rings.